The van der Waals surface area contributed by atoms with Gasteiger partial charge in [-0.25, -0.2) is 0 Å². The molecule has 1 aliphatic carbocycles. The minimum absolute atomic E-state index is 0.0598. The molecule has 1 fully saturated rings. The van der Waals surface area contributed by atoms with Crippen molar-refractivity contribution < 1.29 is 9.53 Å². The van der Waals surface area contributed by atoms with Crippen LogP contribution < -0.4 is 10.1 Å². The molecule has 0 spiro atoms. The van der Waals surface area contributed by atoms with E-state index in [4.69, 9.17) is 16.3 Å². The molecule has 138 valence electrons. The summed E-state index contributed by atoms with van der Waals surface area (Å²) >= 11 is 6.37. The lowest BCUT2D eigenvalue weighted by Gasteiger charge is -2.12. The minimum atomic E-state index is -0.0598. The van der Waals surface area contributed by atoms with Crippen molar-refractivity contribution in [1.29, 1.82) is 0 Å². The monoisotopic (exact) mass is 380 g/mol. The standard InChI is InChI=1S/C22H21ClN2O2/c1-2-12-27-21-9-5-8-19-17(21)13-20(22(26)24-16-10-11-16)25(19)14-15-6-3-4-7-18(15)23/h2-9,13,16H,1,10-12,14H2,(H,24,26). The van der Waals surface area contributed by atoms with E-state index in [0.29, 0.717) is 29.9 Å². The number of fused-ring (bicyclic) bond motifs is 1. The molecule has 0 aliphatic heterocycles. The number of carbonyl (C=O) groups is 1. The summed E-state index contributed by atoms with van der Waals surface area (Å²) in [5, 5.41) is 4.68. The van der Waals surface area contributed by atoms with Gasteiger partial charge in [0.05, 0.1) is 5.52 Å². The summed E-state index contributed by atoms with van der Waals surface area (Å²) in [6.07, 6.45) is 3.80. The molecule has 2 aromatic carbocycles. The first-order valence-electron chi connectivity index (χ1n) is 9.07. The SMILES string of the molecule is C=CCOc1cccc2c1cc(C(=O)NC1CC1)n2Cc1ccccc1Cl. The van der Waals surface area contributed by atoms with Crippen LogP contribution in [0, 0.1) is 0 Å². The molecule has 0 unspecified atom stereocenters. The van der Waals surface area contributed by atoms with Gasteiger partial charge in [0.2, 0.25) is 0 Å². The smallest absolute Gasteiger partial charge is 0.268 e. The van der Waals surface area contributed by atoms with Gasteiger partial charge in [-0.15, -0.1) is 0 Å². The Labute approximate surface area is 163 Å². The van der Waals surface area contributed by atoms with Crippen molar-refractivity contribution in [3.05, 3.63) is 77.5 Å². The summed E-state index contributed by atoms with van der Waals surface area (Å²) in [4.78, 5) is 12.9. The van der Waals surface area contributed by atoms with E-state index in [2.05, 4.69) is 11.9 Å². The van der Waals surface area contributed by atoms with Crippen molar-refractivity contribution in [3.8, 4) is 5.75 Å². The highest BCUT2D eigenvalue weighted by atomic mass is 35.5. The van der Waals surface area contributed by atoms with Crippen LogP contribution in [0.5, 0.6) is 5.75 Å². The molecule has 0 saturated heterocycles. The van der Waals surface area contributed by atoms with E-state index < -0.39 is 0 Å². The predicted octanol–water partition coefficient (Wildman–Crippen LogP) is 4.80. The van der Waals surface area contributed by atoms with Crippen LogP contribution in [-0.2, 0) is 6.54 Å². The molecule has 3 aromatic rings. The van der Waals surface area contributed by atoms with Gasteiger partial charge >= 0.3 is 0 Å². The van der Waals surface area contributed by atoms with Crippen LogP contribution in [0.1, 0.15) is 28.9 Å². The number of aromatic nitrogens is 1. The van der Waals surface area contributed by atoms with Crippen molar-refractivity contribution in [2.75, 3.05) is 6.61 Å². The number of benzene rings is 2. The Balaban J connectivity index is 1.81. The maximum atomic E-state index is 12.9. The van der Waals surface area contributed by atoms with Crippen LogP contribution >= 0.6 is 11.6 Å². The van der Waals surface area contributed by atoms with Gasteiger partial charge in [0.25, 0.3) is 5.91 Å². The number of hydrogen-bond donors (Lipinski definition) is 1. The quantitative estimate of drug-likeness (QED) is 0.598. The van der Waals surface area contributed by atoms with E-state index in [-0.39, 0.29) is 5.91 Å². The third kappa shape index (κ3) is 3.71. The van der Waals surface area contributed by atoms with E-state index in [1.165, 1.54) is 0 Å². The number of hydrogen-bond acceptors (Lipinski definition) is 2. The van der Waals surface area contributed by atoms with Gasteiger partial charge in [0.1, 0.15) is 18.1 Å². The zero-order valence-corrected chi connectivity index (χ0v) is 15.7. The van der Waals surface area contributed by atoms with Crippen LogP contribution in [0.2, 0.25) is 5.02 Å². The lowest BCUT2D eigenvalue weighted by molar-refractivity contribution is 0.0942. The first-order valence-corrected chi connectivity index (χ1v) is 9.45. The molecule has 1 aromatic heterocycles. The van der Waals surface area contributed by atoms with E-state index in [9.17, 15) is 4.79 Å². The van der Waals surface area contributed by atoms with E-state index in [0.717, 1.165) is 35.1 Å². The van der Waals surface area contributed by atoms with Crippen LogP contribution in [0.3, 0.4) is 0 Å². The molecular formula is C22H21ClN2O2. The van der Waals surface area contributed by atoms with Gasteiger partial charge in [-0.2, -0.15) is 0 Å². The van der Waals surface area contributed by atoms with Gasteiger partial charge in [0, 0.05) is 23.0 Å². The highest BCUT2D eigenvalue weighted by molar-refractivity contribution is 6.31. The van der Waals surface area contributed by atoms with E-state index in [1.807, 2.05) is 53.1 Å². The summed E-state index contributed by atoms with van der Waals surface area (Å²) in [5.41, 5.74) is 2.53. The second-order valence-corrected chi connectivity index (χ2v) is 7.15. The van der Waals surface area contributed by atoms with Crippen LogP contribution in [0.25, 0.3) is 10.9 Å². The number of halogens is 1. The first-order chi connectivity index (χ1) is 13.2. The Hall–Kier alpha value is -2.72. The number of rotatable bonds is 7. The Kier molecular flexibility index (Phi) is 4.90. The van der Waals surface area contributed by atoms with Crippen LogP contribution in [0.4, 0.5) is 0 Å². The maximum absolute atomic E-state index is 12.9. The zero-order valence-electron chi connectivity index (χ0n) is 15.0. The molecule has 5 heteroatoms. The molecule has 27 heavy (non-hydrogen) atoms. The molecule has 4 nitrogen and oxygen atoms in total. The molecule has 1 heterocycles. The van der Waals surface area contributed by atoms with Crippen molar-refractivity contribution in [2.24, 2.45) is 0 Å². The van der Waals surface area contributed by atoms with Gasteiger partial charge < -0.3 is 14.6 Å². The molecule has 0 atom stereocenters. The van der Waals surface area contributed by atoms with Gasteiger partial charge in [-0.3, -0.25) is 4.79 Å². The Bertz CT molecular complexity index is 1000. The number of carbonyl (C=O) groups excluding carboxylic acids is 1. The summed E-state index contributed by atoms with van der Waals surface area (Å²) in [5.74, 6) is 0.682. The van der Waals surface area contributed by atoms with Gasteiger partial charge in [0.15, 0.2) is 0 Å². The first kappa shape index (κ1) is 17.7. The lowest BCUT2D eigenvalue weighted by atomic mass is 10.2. The van der Waals surface area contributed by atoms with Crippen LogP contribution in [0.15, 0.2) is 61.2 Å². The van der Waals surface area contributed by atoms with Crippen molar-refractivity contribution >= 4 is 28.4 Å². The molecule has 0 bridgehead atoms. The summed E-state index contributed by atoms with van der Waals surface area (Å²) < 4.78 is 7.80. The fraction of sp³-hybridized carbons (Fsp3) is 0.227. The topological polar surface area (TPSA) is 43.3 Å². The lowest BCUT2D eigenvalue weighted by Crippen LogP contribution is -2.27. The third-order valence-electron chi connectivity index (χ3n) is 4.69. The number of nitrogens with zero attached hydrogens (tertiary/aromatic N) is 1. The number of amides is 1. The molecule has 1 amide bonds. The number of ether oxygens (including phenoxy) is 1. The highest BCUT2D eigenvalue weighted by Crippen LogP contribution is 2.31. The van der Waals surface area contributed by atoms with E-state index in [1.54, 1.807) is 6.08 Å². The van der Waals surface area contributed by atoms with Crippen molar-refractivity contribution in [3.63, 3.8) is 0 Å². The largest absolute Gasteiger partial charge is 0.489 e. The Morgan fingerprint density at radius 2 is 2.07 bits per heavy atom. The average Bonchev–Trinajstić information content (AvgIpc) is 3.41. The highest BCUT2D eigenvalue weighted by Gasteiger charge is 2.26. The molecule has 1 aliphatic rings. The fourth-order valence-electron chi connectivity index (χ4n) is 3.17. The maximum Gasteiger partial charge on any atom is 0.268 e. The molecule has 1 N–H and O–H groups in total. The molecule has 1 saturated carbocycles. The minimum Gasteiger partial charge on any atom is -0.489 e. The van der Waals surface area contributed by atoms with Gasteiger partial charge in [-0.05, 0) is 42.7 Å². The zero-order chi connectivity index (χ0) is 18.8. The summed E-state index contributed by atoms with van der Waals surface area (Å²) in [6, 6.07) is 15.8. The Morgan fingerprint density at radius 1 is 1.26 bits per heavy atom. The molecular weight excluding hydrogens is 360 g/mol. The Morgan fingerprint density at radius 3 is 2.81 bits per heavy atom. The molecule has 0 radical (unpaired) electrons. The van der Waals surface area contributed by atoms with Crippen molar-refractivity contribution in [1.82, 2.24) is 9.88 Å². The summed E-state index contributed by atoms with van der Waals surface area (Å²) in [6.45, 7) is 4.63. The predicted molar refractivity (Wildman–Crippen MR) is 109 cm³/mol. The van der Waals surface area contributed by atoms with Crippen molar-refractivity contribution in [2.45, 2.75) is 25.4 Å². The third-order valence-corrected chi connectivity index (χ3v) is 5.06. The summed E-state index contributed by atoms with van der Waals surface area (Å²) in [7, 11) is 0. The second-order valence-electron chi connectivity index (χ2n) is 6.74. The molecule has 4 rings (SSSR count). The fourth-order valence-corrected chi connectivity index (χ4v) is 3.37. The van der Waals surface area contributed by atoms with Crippen LogP contribution in [-0.4, -0.2) is 23.1 Å². The second kappa shape index (κ2) is 7.49. The average molecular weight is 381 g/mol. The van der Waals surface area contributed by atoms with E-state index >= 15 is 0 Å². The number of nitrogens with one attached hydrogen (secondary N) is 1. The van der Waals surface area contributed by atoms with Gasteiger partial charge in [-0.1, -0.05) is 48.5 Å². The normalized spacial score (nSPS) is 13.5.